The molecule has 0 aliphatic rings. The van der Waals surface area contributed by atoms with Gasteiger partial charge in [-0.3, -0.25) is 0 Å². The molecule has 0 bridgehead atoms. The Morgan fingerprint density at radius 3 is 2.35 bits per heavy atom. The number of carbonyl (C=O) groups is 1. The van der Waals surface area contributed by atoms with Crippen LogP contribution in [0.5, 0.6) is 0 Å². The van der Waals surface area contributed by atoms with Gasteiger partial charge >= 0.3 is 5.97 Å². The van der Waals surface area contributed by atoms with Crippen LogP contribution in [0.15, 0.2) is 36.4 Å². The van der Waals surface area contributed by atoms with Crippen LogP contribution in [0.2, 0.25) is 5.15 Å². The summed E-state index contributed by atoms with van der Waals surface area (Å²) < 4.78 is 17.4. The number of halogens is 2. The summed E-state index contributed by atoms with van der Waals surface area (Å²) in [6.45, 7) is 4.00. The molecule has 1 heterocycles. The Kier molecular flexibility index (Phi) is 6.12. The van der Waals surface area contributed by atoms with Gasteiger partial charge in [-0.25, -0.2) is 14.2 Å². The molecule has 0 amide bonds. The number of hydrogen-bond donors (Lipinski definition) is 0. The lowest BCUT2D eigenvalue weighted by molar-refractivity contribution is 0.0600. The minimum atomic E-state index is -0.498. The normalized spacial score (nSPS) is 9.45. The molecule has 20 heavy (non-hydrogen) atoms. The van der Waals surface area contributed by atoms with Crippen molar-refractivity contribution < 1.29 is 13.9 Å². The molecule has 1 aromatic heterocycles. The molecule has 106 valence electrons. The zero-order valence-electron chi connectivity index (χ0n) is 11.5. The molecule has 0 spiro atoms. The third kappa shape index (κ3) is 4.03. The molecule has 0 atom stereocenters. The number of benzene rings is 1. The molecule has 1 aromatic carbocycles. The fourth-order valence-corrected chi connectivity index (χ4v) is 1.71. The number of aromatic nitrogens is 1. The van der Waals surface area contributed by atoms with E-state index in [1.165, 1.54) is 25.3 Å². The van der Waals surface area contributed by atoms with Crippen molar-refractivity contribution in [3.8, 4) is 11.3 Å². The first-order valence-corrected chi connectivity index (χ1v) is 6.50. The second-order valence-electron chi connectivity index (χ2n) is 3.56. The molecule has 0 fully saturated rings. The largest absolute Gasteiger partial charge is 0.465 e. The van der Waals surface area contributed by atoms with Gasteiger partial charge in [0.25, 0.3) is 0 Å². The van der Waals surface area contributed by atoms with E-state index in [1.54, 1.807) is 18.2 Å². The second kappa shape index (κ2) is 7.60. The summed E-state index contributed by atoms with van der Waals surface area (Å²) in [6.07, 6.45) is 0. The van der Waals surface area contributed by atoms with Gasteiger partial charge in [0, 0.05) is 5.56 Å². The highest BCUT2D eigenvalue weighted by Crippen LogP contribution is 2.22. The van der Waals surface area contributed by atoms with E-state index in [0.29, 0.717) is 16.8 Å². The fraction of sp³-hybridized carbons (Fsp3) is 0.200. The van der Waals surface area contributed by atoms with Crippen molar-refractivity contribution in [3.63, 3.8) is 0 Å². The lowest BCUT2D eigenvalue weighted by Crippen LogP contribution is -2.02. The minimum absolute atomic E-state index is 0.178. The Labute approximate surface area is 122 Å². The van der Waals surface area contributed by atoms with E-state index in [0.717, 1.165) is 0 Å². The first-order chi connectivity index (χ1) is 9.60. The van der Waals surface area contributed by atoms with E-state index in [-0.39, 0.29) is 11.0 Å². The summed E-state index contributed by atoms with van der Waals surface area (Å²) >= 11 is 5.84. The van der Waals surface area contributed by atoms with Gasteiger partial charge in [0.1, 0.15) is 11.0 Å². The monoisotopic (exact) mass is 295 g/mol. The molecule has 3 nitrogen and oxygen atoms in total. The number of ether oxygens (including phenoxy) is 1. The molecule has 5 heteroatoms. The lowest BCUT2D eigenvalue weighted by atomic mass is 10.1. The van der Waals surface area contributed by atoms with Crippen LogP contribution >= 0.6 is 11.6 Å². The van der Waals surface area contributed by atoms with Crippen molar-refractivity contribution in [2.75, 3.05) is 7.11 Å². The van der Waals surface area contributed by atoms with E-state index in [2.05, 4.69) is 9.72 Å². The highest BCUT2D eigenvalue weighted by Gasteiger charge is 2.10. The number of carbonyl (C=O) groups excluding carboxylic acids is 1. The van der Waals surface area contributed by atoms with E-state index in [1.807, 2.05) is 13.8 Å². The number of nitrogens with zero attached hydrogens (tertiary/aromatic N) is 1. The maximum atomic E-state index is 12.8. The Hall–Kier alpha value is -1.94. The molecule has 0 radical (unpaired) electrons. The number of esters is 1. The molecular formula is C15H15ClFNO2. The van der Waals surface area contributed by atoms with Crippen molar-refractivity contribution in [3.05, 3.63) is 52.9 Å². The maximum Gasteiger partial charge on any atom is 0.338 e. The molecule has 0 aliphatic carbocycles. The number of methoxy groups -OCH3 is 1. The van der Waals surface area contributed by atoms with Crippen LogP contribution in [0.3, 0.4) is 0 Å². The number of rotatable bonds is 2. The Morgan fingerprint density at radius 2 is 1.80 bits per heavy atom. The van der Waals surface area contributed by atoms with Gasteiger partial charge in [0.05, 0.1) is 18.4 Å². The van der Waals surface area contributed by atoms with Crippen molar-refractivity contribution in [1.82, 2.24) is 4.98 Å². The molecule has 2 rings (SSSR count). The van der Waals surface area contributed by atoms with Crippen LogP contribution in [-0.2, 0) is 4.74 Å². The average Bonchev–Trinajstić information content (AvgIpc) is 2.48. The van der Waals surface area contributed by atoms with Crippen molar-refractivity contribution >= 4 is 17.6 Å². The van der Waals surface area contributed by atoms with Crippen LogP contribution < -0.4 is 0 Å². The second-order valence-corrected chi connectivity index (χ2v) is 3.95. The quantitative estimate of drug-likeness (QED) is 0.610. The first kappa shape index (κ1) is 16.1. The van der Waals surface area contributed by atoms with E-state index >= 15 is 0 Å². The fourth-order valence-electron chi connectivity index (χ4n) is 1.50. The van der Waals surface area contributed by atoms with Gasteiger partial charge in [-0.2, -0.15) is 0 Å². The van der Waals surface area contributed by atoms with Gasteiger partial charge in [0.15, 0.2) is 0 Å². The SMILES string of the molecule is CC.COC(=O)c1cc(Cl)nc(-c2ccc(F)cc2)c1. The Bertz CT molecular complexity index is 585. The topological polar surface area (TPSA) is 39.2 Å². The van der Waals surface area contributed by atoms with Crippen LogP contribution in [-0.4, -0.2) is 18.1 Å². The molecule has 0 saturated carbocycles. The zero-order valence-corrected chi connectivity index (χ0v) is 12.2. The van der Waals surface area contributed by atoms with Gasteiger partial charge in [-0.05, 0) is 36.4 Å². The van der Waals surface area contributed by atoms with Crippen LogP contribution in [0.25, 0.3) is 11.3 Å². The Morgan fingerprint density at radius 1 is 1.20 bits per heavy atom. The first-order valence-electron chi connectivity index (χ1n) is 6.12. The highest BCUT2D eigenvalue weighted by molar-refractivity contribution is 6.29. The van der Waals surface area contributed by atoms with Crippen LogP contribution in [0, 0.1) is 5.82 Å². The van der Waals surface area contributed by atoms with Crippen LogP contribution in [0.4, 0.5) is 4.39 Å². The molecule has 0 unspecified atom stereocenters. The van der Waals surface area contributed by atoms with E-state index in [9.17, 15) is 9.18 Å². The van der Waals surface area contributed by atoms with Gasteiger partial charge < -0.3 is 4.74 Å². The summed E-state index contributed by atoms with van der Waals surface area (Å²) in [5, 5.41) is 0.178. The molecule has 2 aromatic rings. The molecule has 0 N–H and O–H groups in total. The predicted molar refractivity (Wildman–Crippen MR) is 77.3 cm³/mol. The highest BCUT2D eigenvalue weighted by atomic mass is 35.5. The Balaban J connectivity index is 0.000000956. The van der Waals surface area contributed by atoms with Gasteiger partial charge in [-0.15, -0.1) is 0 Å². The van der Waals surface area contributed by atoms with Gasteiger partial charge in [-0.1, -0.05) is 25.4 Å². The molecule has 0 saturated heterocycles. The zero-order chi connectivity index (χ0) is 15.1. The lowest BCUT2D eigenvalue weighted by Gasteiger charge is -2.05. The molecule has 0 aliphatic heterocycles. The third-order valence-corrected chi connectivity index (χ3v) is 2.55. The number of pyridine rings is 1. The van der Waals surface area contributed by atoms with Crippen LogP contribution in [0.1, 0.15) is 24.2 Å². The summed E-state index contributed by atoms with van der Waals surface area (Å²) in [5.41, 5.74) is 1.46. The van der Waals surface area contributed by atoms with Crippen molar-refractivity contribution in [2.45, 2.75) is 13.8 Å². The standard InChI is InChI=1S/C13H9ClFNO2.C2H6/c1-18-13(17)9-6-11(16-12(14)7-9)8-2-4-10(15)5-3-8;1-2/h2-7H,1H3;1-2H3. The molecular weight excluding hydrogens is 281 g/mol. The van der Waals surface area contributed by atoms with E-state index in [4.69, 9.17) is 11.6 Å². The third-order valence-electron chi connectivity index (χ3n) is 2.36. The minimum Gasteiger partial charge on any atom is -0.465 e. The van der Waals surface area contributed by atoms with Crippen molar-refractivity contribution in [2.24, 2.45) is 0 Å². The summed E-state index contributed by atoms with van der Waals surface area (Å²) in [7, 11) is 1.29. The van der Waals surface area contributed by atoms with E-state index < -0.39 is 5.97 Å². The number of hydrogen-bond acceptors (Lipinski definition) is 3. The average molecular weight is 296 g/mol. The maximum absolute atomic E-state index is 12.8. The summed E-state index contributed by atoms with van der Waals surface area (Å²) in [5.74, 6) is -0.836. The summed E-state index contributed by atoms with van der Waals surface area (Å²) in [6, 6.07) is 8.72. The van der Waals surface area contributed by atoms with Gasteiger partial charge in [0.2, 0.25) is 0 Å². The van der Waals surface area contributed by atoms with Crippen molar-refractivity contribution in [1.29, 1.82) is 0 Å². The summed E-state index contributed by atoms with van der Waals surface area (Å²) in [4.78, 5) is 15.5. The smallest absolute Gasteiger partial charge is 0.338 e. The predicted octanol–water partition coefficient (Wildman–Crippen LogP) is 4.35.